The molecular formula is C22H24N4O3. The fourth-order valence-corrected chi connectivity index (χ4v) is 2.96. The van der Waals surface area contributed by atoms with Crippen LogP contribution in [-0.2, 0) is 11.2 Å². The van der Waals surface area contributed by atoms with Crippen LogP contribution in [-0.4, -0.2) is 28.2 Å². The lowest BCUT2D eigenvalue weighted by molar-refractivity contribution is -0.123. The zero-order valence-corrected chi connectivity index (χ0v) is 16.7. The molecule has 0 aliphatic heterocycles. The fraction of sp³-hybridized carbons (Fsp3) is 0.227. The highest BCUT2D eigenvalue weighted by molar-refractivity contribution is 5.95. The quantitative estimate of drug-likeness (QED) is 0.632. The van der Waals surface area contributed by atoms with Gasteiger partial charge in [0, 0.05) is 11.3 Å². The summed E-state index contributed by atoms with van der Waals surface area (Å²) in [5, 5.41) is 4.42. The zero-order valence-electron chi connectivity index (χ0n) is 16.7. The molecule has 1 heterocycles. The summed E-state index contributed by atoms with van der Waals surface area (Å²) in [5.74, 6) is -0.188. The predicted octanol–water partition coefficient (Wildman–Crippen LogP) is 2.89. The summed E-state index contributed by atoms with van der Waals surface area (Å²) in [6.45, 7) is 5.73. The minimum absolute atomic E-state index is 0.186. The van der Waals surface area contributed by atoms with Gasteiger partial charge in [0.25, 0.3) is 11.8 Å². The van der Waals surface area contributed by atoms with Crippen LogP contribution in [0.25, 0.3) is 5.69 Å². The van der Waals surface area contributed by atoms with Gasteiger partial charge >= 0.3 is 0 Å². The molecule has 7 nitrogen and oxygen atoms in total. The number of para-hydroxylation sites is 1. The Kier molecular flexibility index (Phi) is 6.29. The molecule has 3 aromatic rings. The van der Waals surface area contributed by atoms with E-state index in [1.165, 1.54) is 0 Å². The molecule has 0 saturated carbocycles. The van der Waals surface area contributed by atoms with E-state index in [4.69, 9.17) is 4.74 Å². The highest BCUT2D eigenvalue weighted by atomic mass is 16.5. The molecule has 0 unspecified atom stereocenters. The van der Waals surface area contributed by atoms with Crippen molar-refractivity contribution < 1.29 is 14.3 Å². The molecule has 0 spiro atoms. The number of hydrogen-bond acceptors (Lipinski definition) is 4. The number of nitrogens with one attached hydrogen (secondary N) is 2. The number of ether oxygens (including phenoxy) is 1. The van der Waals surface area contributed by atoms with Crippen molar-refractivity contribution >= 4 is 11.8 Å². The van der Waals surface area contributed by atoms with Crippen LogP contribution in [0.3, 0.4) is 0 Å². The van der Waals surface area contributed by atoms with E-state index >= 15 is 0 Å². The maximum absolute atomic E-state index is 12.3. The van der Waals surface area contributed by atoms with Gasteiger partial charge in [-0.2, -0.15) is 5.10 Å². The SMILES string of the molecule is CCc1ccccc1OCC(=O)NNC(=O)c1ccc(-n2nc(C)cc2C)cc1. The van der Waals surface area contributed by atoms with Crippen LogP contribution < -0.4 is 15.6 Å². The molecule has 0 fully saturated rings. The third-order valence-corrected chi connectivity index (χ3v) is 4.41. The molecule has 7 heteroatoms. The standard InChI is InChI=1S/C22H24N4O3/c1-4-17-7-5-6-8-20(17)29-14-21(27)23-24-22(28)18-9-11-19(12-10-18)26-16(3)13-15(2)25-26/h5-13H,4,14H2,1-3H3,(H,23,27)(H,24,28). The van der Waals surface area contributed by atoms with Crippen molar-refractivity contribution in [3.63, 3.8) is 0 Å². The van der Waals surface area contributed by atoms with Crippen molar-refractivity contribution in [2.45, 2.75) is 27.2 Å². The van der Waals surface area contributed by atoms with E-state index < -0.39 is 11.8 Å². The molecule has 1 aromatic heterocycles. The summed E-state index contributed by atoms with van der Waals surface area (Å²) in [4.78, 5) is 24.2. The van der Waals surface area contributed by atoms with Crippen LogP contribution in [0.15, 0.2) is 54.6 Å². The summed E-state index contributed by atoms with van der Waals surface area (Å²) < 4.78 is 7.34. The topological polar surface area (TPSA) is 85.3 Å². The number of aromatic nitrogens is 2. The summed E-state index contributed by atoms with van der Waals surface area (Å²) >= 11 is 0. The number of amides is 2. The van der Waals surface area contributed by atoms with Gasteiger partial charge in [-0.15, -0.1) is 0 Å². The molecule has 0 atom stereocenters. The van der Waals surface area contributed by atoms with E-state index in [0.717, 1.165) is 29.1 Å². The average Bonchev–Trinajstić information content (AvgIpc) is 3.08. The lowest BCUT2D eigenvalue weighted by Crippen LogP contribution is -2.43. The molecule has 0 aliphatic rings. The van der Waals surface area contributed by atoms with E-state index in [0.29, 0.717) is 11.3 Å². The van der Waals surface area contributed by atoms with E-state index in [1.54, 1.807) is 24.3 Å². The average molecular weight is 392 g/mol. The number of benzene rings is 2. The van der Waals surface area contributed by atoms with Crippen molar-refractivity contribution in [1.82, 2.24) is 20.6 Å². The van der Waals surface area contributed by atoms with Crippen molar-refractivity contribution in [1.29, 1.82) is 0 Å². The van der Waals surface area contributed by atoms with Crippen molar-refractivity contribution in [2.24, 2.45) is 0 Å². The van der Waals surface area contributed by atoms with Crippen molar-refractivity contribution in [3.8, 4) is 11.4 Å². The fourth-order valence-electron chi connectivity index (χ4n) is 2.96. The van der Waals surface area contributed by atoms with Crippen LogP contribution in [0, 0.1) is 13.8 Å². The number of rotatable bonds is 6. The predicted molar refractivity (Wildman–Crippen MR) is 110 cm³/mol. The van der Waals surface area contributed by atoms with Crippen molar-refractivity contribution in [3.05, 3.63) is 77.1 Å². The Morgan fingerprint density at radius 1 is 1.03 bits per heavy atom. The second-order valence-electron chi connectivity index (χ2n) is 6.64. The van der Waals surface area contributed by atoms with Crippen LogP contribution in [0.2, 0.25) is 0 Å². The van der Waals surface area contributed by atoms with E-state index in [1.807, 2.05) is 55.8 Å². The van der Waals surface area contributed by atoms with Gasteiger partial charge in [0.1, 0.15) is 5.75 Å². The first kappa shape index (κ1) is 20.1. The van der Waals surface area contributed by atoms with Gasteiger partial charge in [0.15, 0.2) is 6.61 Å². The van der Waals surface area contributed by atoms with E-state index in [2.05, 4.69) is 16.0 Å². The minimum atomic E-state index is -0.441. The smallest absolute Gasteiger partial charge is 0.276 e. The number of hydrazine groups is 1. The maximum atomic E-state index is 12.3. The molecule has 2 N–H and O–H groups in total. The van der Waals surface area contributed by atoms with Gasteiger partial charge in [-0.3, -0.25) is 20.4 Å². The van der Waals surface area contributed by atoms with Gasteiger partial charge in [-0.1, -0.05) is 25.1 Å². The Morgan fingerprint density at radius 2 is 1.76 bits per heavy atom. The number of aryl methyl sites for hydroxylation is 3. The summed E-state index contributed by atoms with van der Waals surface area (Å²) in [7, 11) is 0. The molecule has 0 aliphatic carbocycles. The third-order valence-electron chi connectivity index (χ3n) is 4.41. The lowest BCUT2D eigenvalue weighted by Gasteiger charge is -2.11. The van der Waals surface area contributed by atoms with E-state index in [9.17, 15) is 9.59 Å². The largest absolute Gasteiger partial charge is 0.483 e. The molecule has 2 amide bonds. The molecule has 150 valence electrons. The third kappa shape index (κ3) is 5.01. The van der Waals surface area contributed by atoms with Crippen LogP contribution in [0.1, 0.15) is 34.2 Å². The summed E-state index contributed by atoms with van der Waals surface area (Å²) in [6.07, 6.45) is 0.808. The highest BCUT2D eigenvalue weighted by Gasteiger charge is 2.10. The normalized spacial score (nSPS) is 10.4. The molecule has 29 heavy (non-hydrogen) atoms. The Morgan fingerprint density at radius 3 is 2.41 bits per heavy atom. The number of nitrogens with zero attached hydrogens (tertiary/aromatic N) is 2. The molecule has 0 bridgehead atoms. The Hall–Kier alpha value is -3.61. The van der Waals surface area contributed by atoms with Gasteiger partial charge in [0.05, 0.1) is 11.4 Å². The second kappa shape index (κ2) is 9.05. The Labute approximate surface area is 169 Å². The number of carbonyl (C=O) groups is 2. The molecule has 3 rings (SSSR count). The van der Waals surface area contributed by atoms with Gasteiger partial charge in [-0.05, 0) is 62.2 Å². The van der Waals surface area contributed by atoms with Crippen LogP contribution >= 0.6 is 0 Å². The zero-order chi connectivity index (χ0) is 20.8. The Balaban J connectivity index is 1.52. The lowest BCUT2D eigenvalue weighted by atomic mass is 10.1. The summed E-state index contributed by atoms with van der Waals surface area (Å²) in [5.41, 5.74) is 9.01. The minimum Gasteiger partial charge on any atom is -0.483 e. The van der Waals surface area contributed by atoms with Crippen LogP contribution in [0.4, 0.5) is 0 Å². The van der Waals surface area contributed by atoms with Crippen molar-refractivity contribution in [2.75, 3.05) is 6.61 Å². The Bertz CT molecular complexity index is 1010. The molecule has 0 radical (unpaired) electrons. The summed E-state index contributed by atoms with van der Waals surface area (Å²) in [6, 6.07) is 16.5. The highest BCUT2D eigenvalue weighted by Crippen LogP contribution is 2.18. The first-order chi connectivity index (χ1) is 14.0. The van der Waals surface area contributed by atoms with Crippen LogP contribution in [0.5, 0.6) is 5.75 Å². The molecule has 2 aromatic carbocycles. The monoisotopic (exact) mass is 392 g/mol. The first-order valence-electron chi connectivity index (χ1n) is 9.41. The number of hydrogen-bond donors (Lipinski definition) is 2. The van der Waals surface area contributed by atoms with E-state index in [-0.39, 0.29) is 6.61 Å². The van der Waals surface area contributed by atoms with Gasteiger partial charge in [0.2, 0.25) is 0 Å². The van der Waals surface area contributed by atoms with Gasteiger partial charge < -0.3 is 4.74 Å². The second-order valence-corrected chi connectivity index (χ2v) is 6.64. The van der Waals surface area contributed by atoms with Gasteiger partial charge in [-0.25, -0.2) is 4.68 Å². The molecule has 0 saturated heterocycles. The first-order valence-corrected chi connectivity index (χ1v) is 9.41. The maximum Gasteiger partial charge on any atom is 0.276 e. The number of carbonyl (C=O) groups excluding carboxylic acids is 2. The molecular weight excluding hydrogens is 368 g/mol.